The molecule has 3 heterocycles. The van der Waals surface area contributed by atoms with Crippen molar-refractivity contribution in [3.63, 3.8) is 0 Å². The maximum absolute atomic E-state index is 12.7. The first-order chi connectivity index (χ1) is 16.0. The van der Waals surface area contributed by atoms with Gasteiger partial charge in [0, 0.05) is 36.5 Å². The number of fused-ring (bicyclic) bond motifs is 2. The molecule has 7 heteroatoms. The number of carbonyl (C=O) groups excluding carboxylic acids is 1. The average molecular weight is 451 g/mol. The van der Waals surface area contributed by atoms with E-state index in [-0.39, 0.29) is 11.8 Å². The van der Waals surface area contributed by atoms with Crippen molar-refractivity contribution in [3.05, 3.63) is 42.0 Å². The Kier molecular flexibility index (Phi) is 6.41. The van der Waals surface area contributed by atoms with Gasteiger partial charge in [0.05, 0.1) is 12.2 Å². The van der Waals surface area contributed by atoms with Gasteiger partial charge in [-0.15, -0.1) is 10.2 Å². The normalized spacial score (nSPS) is 25.3. The Bertz CT molecular complexity index is 939. The van der Waals surface area contributed by atoms with Crippen molar-refractivity contribution in [3.8, 4) is 0 Å². The fraction of sp³-hybridized carbons (Fsp3) is 0.654. The predicted molar refractivity (Wildman–Crippen MR) is 130 cm³/mol. The number of amides is 1. The Morgan fingerprint density at radius 3 is 2.36 bits per heavy atom. The van der Waals surface area contributed by atoms with Crippen LogP contribution in [0.4, 0.5) is 5.69 Å². The summed E-state index contributed by atoms with van der Waals surface area (Å²) in [6.45, 7) is 8.29. The number of nitrogens with zero attached hydrogens (tertiary/aromatic N) is 5. The van der Waals surface area contributed by atoms with E-state index in [4.69, 9.17) is 0 Å². The second-order valence-electron chi connectivity index (χ2n) is 10.5. The molecule has 1 aliphatic carbocycles. The van der Waals surface area contributed by atoms with Crippen molar-refractivity contribution in [2.45, 2.75) is 89.8 Å². The van der Waals surface area contributed by atoms with Crippen LogP contribution in [0.5, 0.6) is 0 Å². The van der Waals surface area contributed by atoms with Crippen LogP contribution >= 0.6 is 0 Å². The smallest absolute Gasteiger partial charge is 0.241 e. The van der Waals surface area contributed by atoms with E-state index in [0.29, 0.717) is 24.0 Å². The molecule has 3 aliphatic rings. The Morgan fingerprint density at radius 1 is 1.06 bits per heavy atom. The van der Waals surface area contributed by atoms with Crippen LogP contribution in [0.1, 0.15) is 82.4 Å². The third kappa shape index (κ3) is 4.52. The number of piperidine rings is 1. The van der Waals surface area contributed by atoms with E-state index in [2.05, 4.69) is 63.0 Å². The van der Waals surface area contributed by atoms with Crippen LogP contribution in [0.2, 0.25) is 0 Å². The highest BCUT2D eigenvalue weighted by Crippen LogP contribution is 2.42. The van der Waals surface area contributed by atoms with E-state index in [9.17, 15) is 4.79 Å². The fourth-order valence-electron chi connectivity index (χ4n) is 6.02. The zero-order valence-corrected chi connectivity index (χ0v) is 20.3. The minimum absolute atomic E-state index is 0.177. The maximum Gasteiger partial charge on any atom is 0.241 e. The Labute approximate surface area is 197 Å². The number of hydrogen-bond acceptors (Lipinski definition) is 5. The van der Waals surface area contributed by atoms with Gasteiger partial charge >= 0.3 is 0 Å². The summed E-state index contributed by atoms with van der Waals surface area (Å²) in [4.78, 5) is 15.4. The Morgan fingerprint density at radius 2 is 1.76 bits per heavy atom. The molecule has 2 saturated heterocycles. The molecule has 2 aliphatic heterocycles. The molecule has 1 amide bonds. The highest BCUT2D eigenvalue weighted by Gasteiger charge is 2.42. The van der Waals surface area contributed by atoms with Gasteiger partial charge < -0.3 is 4.57 Å². The third-order valence-corrected chi connectivity index (χ3v) is 8.00. The molecule has 2 bridgehead atoms. The van der Waals surface area contributed by atoms with Gasteiger partial charge in [-0.2, -0.15) is 0 Å². The lowest BCUT2D eigenvalue weighted by molar-refractivity contribution is -0.127. The number of anilines is 1. The summed E-state index contributed by atoms with van der Waals surface area (Å²) in [5.74, 6) is 2.92. The number of rotatable bonds is 8. The van der Waals surface area contributed by atoms with Crippen LogP contribution in [0.15, 0.2) is 30.3 Å². The van der Waals surface area contributed by atoms with Crippen LogP contribution in [-0.4, -0.2) is 50.7 Å². The maximum atomic E-state index is 12.7. The van der Waals surface area contributed by atoms with Crippen molar-refractivity contribution in [1.82, 2.24) is 25.1 Å². The van der Waals surface area contributed by atoms with Gasteiger partial charge in [0.1, 0.15) is 11.6 Å². The zero-order valence-electron chi connectivity index (χ0n) is 20.3. The molecule has 1 N–H and O–H groups in total. The average Bonchev–Trinajstić information content (AvgIpc) is 3.26. The number of hydrogen-bond donors (Lipinski definition) is 1. The van der Waals surface area contributed by atoms with E-state index >= 15 is 0 Å². The Hall–Kier alpha value is -2.41. The zero-order chi connectivity index (χ0) is 22.9. The molecular formula is C26H38N6O. The van der Waals surface area contributed by atoms with E-state index in [0.717, 1.165) is 56.1 Å². The number of aromatic nitrogens is 3. The van der Waals surface area contributed by atoms with Crippen molar-refractivity contribution in [2.24, 2.45) is 5.92 Å². The molecule has 178 valence electrons. The van der Waals surface area contributed by atoms with Gasteiger partial charge in [-0.1, -0.05) is 38.5 Å². The molecular weight excluding hydrogens is 412 g/mol. The molecule has 5 rings (SSSR count). The standard InChI is InChI=1S/C26H38N6O/c1-18(2)25-28-27-19(3)32(25)24-16-22-12-13-23(17-24)30(22)14-15-31(21-10-5-4-6-11-21)29-26(33)20-8-7-9-20/h4-6,10-11,18,20,22-24H,7-9,12-17H2,1-3H3,(H,29,33). The summed E-state index contributed by atoms with van der Waals surface area (Å²) < 4.78 is 2.42. The van der Waals surface area contributed by atoms with Crippen molar-refractivity contribution < 1.29 is 4.79 Å². The monoisotopic (exact) mass is 450 g/mol. The van der Waals surface area contributed by atoms with E-state index in [1.54, 1.807) is 0 Å². The number of aryl methyl sites for hydroxylation is 1. The first-order valence-electron chi connectivity index (χ1n) is 12.8. The molecule has 33 heavy (non-hydrogen) atoms. The van der Waals surface area contributed by atoms with Gasteiger partial charge in [-0.3, -0.25) is 20.1 Å². The third-order valence-electron chi connectivity index (χ3n) is 8.00. The summed E-state index contributed by atoms with van der Waals surface area (Å²) in [5.41, 5.74) is 4.29. The molecule has 0 radical (unpaired) electrons. The van der Waals surface area contributed by atoms with Crippen LogP contribution in [0, 0.1) is 12.8 Å². The van der Waals surface area contributed by atoms with Gasteiger partial charge in [-0.25, -0.2) is 0 Å². The van der Waals surface area contributed by atoms with Crippen LogP contribution < -0.4 is 10.4 Å². The first-order valence-corrected chi connectivity index (χ1v) is 12.8. The van der Waals surface area contributed by atoms with Gasteiger partial charge in [0.15, 0.2) is 0 Å². The predicted octanol–water partition coefficient (Wildman–Crippen LogP) is 4.22. The molecule has 1 saturated carbocycles. The highest BCUT2D eigenvalue weighted by atomic mass is 16.2. The minimum Gasteiger partial charge on any atom is -0.312 e. The van der Waals surface area contributed by atoms with E-state index < -0.39 is 0 Å². The van der Waals surface area contributed by atoms with Gasteiger partial charge in [0.25, 0.3) is 0 Å². The van der Waals surface area contributed by atoms with Crippen LogP contribution in [-0.2, 0) is 4.79 Å². The SMILES string of the molecule is Cc1nnc(C(C)C)n1C1CC2CCC(C1)N2CCN(NC(=O)C1CCC1)c1ccccc1. The van der Waals surface area contributed by atoms with Crippen molar-refractivity contribution in [1.29, 1.82) is 0 Å². The Balaban J connectivity index is 1.26. The molecule has 3 fully saturated rings. The molecule has 1 aromatic heterocycles. The lowest BCUT2D eigenvalue weighted by atomic mass is 9.85. The highest BCUT2D eigenvalue weighted by molar-refractivity contribution is 5.81. The largest absolute Gasteiger partial charge is 0.312 e. The number of benzene rings is 1. The number of hydrazine groups is 1. The minimum atomic E-state index is 0.177. The topological polar surface area (TPSA) is 66.3 Å². The van der Waals surface area contributed by atoms with E-state index in [1.165, 1.54) is 19.3 Å². The molecule has 1 aromatic carbocycles. The second-order valence-corrected chi connectivity index (χ2v) is 10.5. The second kappa shape index (κ2) is 9.45. The van der Waals surface area contributed by atoms with Crippen molar-refractivity contribution in [2.75, 3.05) is 18.1 Å². The van der Waals surface area contributed by atoms with Crippen LogP contribution in [0.25, 0.3) is 0 Å². The summed E-state index contributed by atoms with van der Waals surface area (Å²) >= 11 is 0. The lowest BCUT2D eigenvalue weighted by Crippen LogP contribution is -2.52. The molecule has 2 aromatic rings. The molecule has 2 atom stereocenters. The lowest BCUT2D eigenvalue weighted by Gasteiger charge is -2.41. The molecule has 0 spiro atoms. The van der Waals surface area contributed by atoms with E-state index in [1.807, 2.05) is 18.2 Å². The number of carbonyl (C=O) groups is 1. The van der Waals surface area contributed by atoms with Gasteiger partial charge in [-0.05, 0) is 57.6 Å². The number of para-hydroxylation sites is 1. The first kappa shape index (κ1) is 22.4. The molecule has 7 nitrogen and oxygen atoms in total. The number of nitrogens with one attached hydrogen (secondary N) is 1. The van der Waals surface area contributed by atoms with Crippen LogP contribution in [0.3, 0.4) is 0 Å². The van der Waals surface area contributed by atoms with Gasteiger partial charge in [0.2, 0.25) is 5.91 Å². The summed E-state index contributed by atoms with van der Waals surface area (Å²) in [6, 6.07) is 12.0. The fourth-order valence-corrected chi connectivity index (χ4v) is 6.02. The quantitative estimate of drug-likeness (QED) is 0.610. The van der Waals surface area contributed by atoms with Crippen molar-refractivity contribution >= 4 is 11.6 Å². The summed E-state index contributed by atoms with van der Waals surface area (Å²) in [6.07, 6.45) is 8.06. The summed E-state index contributed by atoms with van der Waals surface area (Å²) in [5, 5.41) is 11.0. The molecule has 2 unspecified atom stereocenters. The summed E-state index contributed by atoms with van der Waals surface area (Å²) in [7, 11) is 0.